The third kappa shape index (κ3) is 4.15. The predicted molar refractivity (Wildman–Crippen MR) is 113 cm³/mol. The molecule has 2 aromatic rings. The molecule has 2 heteroatoms. The van der Waals surface area contributed by atoms with Gasteiger partial charge >= 0.3 is 0 Å². The first-order valence-corrected chi connectivity index (χ1v) is 10.8. The van der Waals surface area contributed by atoms with Crippen molar-refractivity contribution in [1.29, 1.82) is 0 Å². The van der Waals surface area contributed by atoms with Gasteiger partial charge < -0.3 is 10.2 Å². The summed E-state index contributed by atoms with van der Waals surface area (Å²) in [5.74, 6) is 0.837. The summed E-state index contributed by atoms with van der Waals surface area (Å²) in [6, 6.07) is 12.5. The second-order valence-corrected chi connectivity index (χ2v) is 8.18. The maximum atomic E-state index is 10.3. The number of hydrogen-bond donors (Lipinski definition) is 2. The van der Waals surface area contributed by atoms with Crippen LogP contribution < -0.4 is 0 Å². The van der Waals surface area contributed by atoms with Crippen LogP contribution in [-0.4, -0.2) is 10.2 Å². The topological polar surface area (TPSA) is 40.5 Å². The van der Waals surface area contributed by atoms with Gasteiger partial charge in [0.25, 0.3) is 0 Å². The molecule has 2 nitrogen and oxygen atoms in total. The number of aryl methyl sites for hydroxylation is 2. The molecule has 27 heavy (non-hydrogen) atoms. The molecule has 146 valence electrons. The summed E-state index contributed by atoms with van der Waals surface area (Å²) < 4.78 is 0. The van der Waals surface area contributed by atoms with Gasteiger partial charge in [0.1, 0.15) is 11.5 Å². The highest BCUT2D eigenvalue weighted by molar-refractivity contribution is 5.48. The quantitative estimate of drug-likeness (QED) is 0.562. The zero-order valence-corrected chi connectivity index (χ0v) is 16.9. The lowest BCUT2D eigenvalue weighted by Gasteiger charge is -2.35. The normalized spacial score (nSPS) is 16.8. The maximum Gasteiger partial charge on any atom is 0.118 e. The van der Waals surface area contributed by atoms with Crippen LogP contribution in [0.2, 0.25) is 0 Å². The molecule has 1 saturated carbocycles. The highest BCUT2D eigenvalue weighted by atomic mass is 16.3. The molecule has 0 unspecified atom stereocenters. The summed E-state index contributed by atoms with van der Waals surface area (Å²) in [4.78, 5) is 0. The van der Waals surface area contributed by atoms with Crippen LogP contribution >= 0.6 is 0 Å². The zero-order valence-electron chi connectivity index (χ0n) is 16.9. The van der Waals surface area contributed by atoms with Crippen LogP contribution in [0.5, 0.6) is 11.5 Å². The number of phenolic OH excluding ortho intramolecular Hbond substituents is 2. The Morgan fingerprint density at radius 1 is 0.704 bits per heavy atom. The van der Waals surface area contributed by atoms with E-state index in [9.17, 15) is 10.2 Å². The van der Waals surface area contributed by atoms with Gasteiger partial charge in [-0.15, -0.1) is 0 Å². The molecule has 2 N–H and O–H groups in total. The second-order valence-electron chi connectivity index (χ2n) is 8.18. The fourth-order valence-electron chi connectivity index (χ4n) is 4.78. The summed E-state index contributed by atoms with van der Waals surface area (Å²) in [6.07, 6.45) is 11.2. The number of aromatic hydroxyl groups is 2. The van der Waals surface area contributed by atoms with Crippen molar-refractivity contribution in [2.24, 2.45) is 0 Å². The minimum atomic E-state index is -0.0110. The van der Waals surface area contributed by atoms with Crippen LogP contribution in [-0.2, 0) is 18.3 Å². The van der Waals surface area contributed by atoms with Gasteiger partial charge in [-0.05, 0) is 60.1 Å². The Morgan fingerprint density at radius 2 is 1.15 bits per heavy atom. The van der Waals surface area contributed by atoms with Crippen molar-refractivity contribution in [2.75, 3.05) is 0 Å². The predicted octanol–water partition coefficient (Wildman–Crippen LogP) is 6.64. The largest absolute Gasteiger partial charge is 0.508 e. The Bertz CT molecular complexity index is 697. The van der Waals surface area contributed by atoms with E-state index in [1.165, 1.54) is 36.8 Å². The smallest absolute Gasteiger partial charge is 0.118 e. The standard InChI is InChI=1S/C25H34O2/c1-3-9-19-17-21(11-13-23(19)26)25(15-7-5-6-8-16-25)22-12-14-24(27)20(18-22)10-4-2/h11-14,17-18,26-27H,3-10,15-16H2,1-2H3. The SMILES string of the molecule is CCCc1cc(C2(c3ccc(O)c(CCC)c3)CCCCCC2)ccc1O. The highest BCUT2D eigenvalue weighted by Gasteiger charge is 2.35. The van der Waals surface area contributed by atoms with Crippen LogP contribution in [0.4, 0.5) is 0 Å². The van der Waals surface area contributed by atoms with Gasteiger partial charge in [-0.3, -0.25) is 0 Å². The number of benzene rings is 2. The van der Waals surface area contributed by atoms with E-state index in [-0.39, 0.29) is 5.41 Å². The van der Waals surface area contributed by atoms with E-state index in [0.717, 1.165) is 49.7 Å². The summed E-state index contributed by atoms with van der Waals surface area (Å²) >= 11 is 0. The van der Waals surface area contributed by atoms with E-state index in [0.29, 0.717) is 11.5 Å². The fraction of sp³-hybridized carbons (Fsp3) is 0.520. The van der Waals surface area contributed by atoms with Crippen molar-refractivity contribution in [3.63, 3.8) is 0 Å². The van der Waals surface area contributed by atoms with Gasteiger partial charge in [0, 0.05) is 5.41 Å². The van der Waals surface area contributed by atoms with Gasteiger partial charge in [0.05, 0.1) is 0 Å². The molecule has 0 radical (unpaired) electrons. The number of phenols is 2. The molecule has 1 aliphatic rings. The fourth-order valence-corrected chi connectivity index (χ4v) is 4.78. The van der Waals surface area contributed by atoms with Crippen molar-refractivity contribution in [3.8, 4) is 11.5 Å². The molecule has 0 heterocycles. The first kappa shape index (κ1) is 19.8. The lowest BCUT2D eigenvalue weighted by molar-refractivity contribution is 0.436. The maximum absolute atomic E-state index is 10.3. The molecular weight excluding hydrogens is 332 g/mol. The van der Waals surface area contributed by atoms with Crippen LogP contribution in [0.15, 0.2) is 36.4 Å². The van der Waals surface area contributed by atoms with Gasteiger partial charge in [-0.2, -0.15) is 0 Å². The average molecular weight is 367 g/mol. The van der Waals surface area contributed by atoms with Crippen LogP contribution in [0.3, 0.4) is 0 Å². The second kappa shape index (κ2) is 8.82. The summed E-state index contributed by atoms with van der Waals surface area (Å²) in [5.41, 5.74) is 4.78. The Kier molecular flexibility index (Phi) is 6.46. The third-order valence-electron chi connectivity index (χ3n) is 6.26. The molecule has 0 saturated heterocycles. The summed E-state index contributed by atoms with van der Waals surface area (Å²) in [7, 11) is 0. The van der Waals surface area contributed by atoms with Crippen LogP contribution in [0, 0.1) is 0 Å². The molecular formula is C25H34O2. The lowest BCUT2D eigenvalue weighted by Crippen LogP contribution is -2.27. The third-order valence-corrected chi connectivity index (χ3v) is 6.26. The Hall–Kier alpha value is -1.96. The molecule has 0 amide bonds. The summed E-state index contributed by atoms with van der Waals surface area (Å²) in [6.45, 7) is 4.31. The van der Waals surface area contributed by atoms with Crippen molar-refractivity contribution in [2.45, 2.75) is 83.5 Å². The lowest BCUT2D eigenvalue weighted by atomic mass is 9.68. The number of hydrogen-bond acceptors (Lipinski definition) is 2. The first-order valence-electron chi connectivity index (χ1n) is 10.8. The van der Waals surface area contributed by atoms with Crippen molar-refractivity contribution >= 4 is 0 Å². The molecule has 3 rings (SSSR count). The highest BCUT2D eigenvalue weighted by Crippen LogP contribution is 2.45. The van der Waals surface area contributed by atoms with E-state index in [2.05, 4.69) is 38.1 Å². The molecule has 0 aliphatic heterocycles. The Labute approximate surface area is 164 Å². The van der Waals surface area contributed by atoms with Gasteiger partial charge in [0.15, 0.2) is 0 Å². The van der Waals surface area contributed by atoms with Gasteiger partial charge in [-0.25, -0.2) is 0 Å². The van der Waals surface area contributed by atoms with Crippen molar-refractivity contribution < 1.29 is 10.2 Å². The molecule has 1 aliphatic carbocycles. The van der Waals surface area contributed by atoms with Gasteiger partial charge in [0.2, 0.25) is 0 Å². The number of rotatable bonds is 6. The molecule has 0 atom stereocenters. The Balaban J connectivity index is 2.13. The minimum absolute atomic E-state index is 0.0110. The molecule has 0 spiro atoms. The zero-order chi connectivity index (χ0) is 19.3. The van der Waals surface area contributed by atoms with E-state index in [1.54, 1.807) is 0 Å². The average Bonchev–Trinajstić information content (AvgIpc) is 2.93. The van der Waals surface area contributed by atoms with E-state index in [4.69, 9.17) is 0 Å². The van der Waals surface area contributed by atoms with Crippen LogP contribution in [0.25, 0.3) is 0 Å². The van der Waals surface area contributed by atoms with Crippen molar-refractivity contribution in [3.05, 3.63) is 58.7 Å². The Morgan fingerprint density at radius 3 is 1.56 bits per heavy atom. The van der Waals surface area contributed by atoms with Crippen LogP contribution in [0.1, 0.15) is 87.5 Å². The molecule has 0 aromatic heterocycles. The van der Waals surface area contributed by atoms with Crippen molar-refractivity contribution in [1.82, 2.24) is 0 Å². The first-order chi connectivity index (χ1) is 13.1. The monoisotopic (exact) mass is 366 g/mol. The van der Waals surface area contributed by atoms with Gasteiger partial charge in [-0.1, -0.05) is 76.6 Å². The molecule has 2 aromatic carbocycles. The van der Waals surface area contributed by atoms with E-state index >= 15 is 0 Å². The molecule has 0 bridgehead atoms. The minimum Gasteiger partial charge on any atom is -0.508 e. The molecule has 1 fully saturated rings. The van der Waals surface area contributed by atoms with E-state index in [1.807, 2.05) is 12.1 Å². The van der Waals surface area contributed by atoms with E-state index < -0.39 is 0 Å². The summed E-state index contributed by atoms with van der Waals surface area (Å²) in [5, 5.41) is 20.6.